The van der Waals surface area contributed by atoms with E-state index in [4.69, 9.17) is 16.3 Å². The van der Waals surface area contributed by atoms with E-state index in [-0.39, 0.29) is 10.8 Å². The van der Waals surface area contributed by atoms with Crippen LogP contribution in [0.1, 0.15) is 5.56 Å². The van der Waals surface area contributed by atoms with Crippen LogP contribution in [0, 0.1) is 0 Å². The fourth-order valence-electron chi connectivity index (χ4n) is 1.43. The Labute approximate surface area is 115 Å². The van der Waals surface area contributed by atoms with Gasteiger partial charge < -0.3 is 9.84 Å². The molecule has 0 aliphatic rings. The lowest BCUT2D eigenvalue weighted by molar-refractivity contribution is 0.373. The molecule has 0 unspecified atom stereocenters. The molecular weight excluding hydrogens is 266 g/mol. The summed E-state index contributed by atoms with van der Waals surface area (Å²) < 4.78 is 5.00. The van der Waals surface area contributed by atoms with Crippen LogP contribution in [-0.2, 0) is 0 Å². The third-order valence-corrected chi connectivity index (χ3v) is 2.62. The van der Waals surface area contributed by atoms with Crippen molar-refractivity contribution in [1.82, 2.24) is 4.98 Å². The number of methoxy groups -OCH3 is 1. The second-order valence-electron chi connectivity index (χ2n) is 3.64. The maximum Gasteiger partial charge on any atom is 0.176 e. The second kappa shape index (κ2) is 6.06. The first-order chi connectivity index (χ1) is 9.20. The highest BCUT2D eigenvalue weighted by atomic mass is 35.5. The number of aromatic nitrogens is 1. The minimum absolute atomic E-state index is 0.0843. The van der Waals surface area contributed by atoms with Crippen LogP contribution >= 0.6 is 11.6 Å². The average molecular weight is 278 g/mol. The predicted octanol–water partition coefficient (Wildman–Crippen LogP) is 2.90. The lowest BCUT2D eigenvalue weighted by Gasteiger charge is -2.06. The van der Waals surface area contributed by atoms with Crippen LogP contribution in [0.2, 0.25) is 5.02 Å². The smallest absolute Gasteiger partial charge is 0.176 e. The minimum atomic E-state index is -0.0843. The molecule has 0 bridgehead atoms. The van der Waals surface area contributed by atoms with Gasteiger partial charge in [-0.3, -0.25) is 5.43 Å². The van der Waals surface area contributed by atoms with Crippen molar-refractivity contribution < 1.29 is 9.84 Å². The van der Waals surface area contributed by atoms with Crippen molar-refractivity contribution in [3.05, 3.63) is 47.1 Å². The lowest BCUT2D eigenvalue weighted by Crippen LogP contribution is -1.93. The molecule has 2 aromatic rings. The van der Waals surface area contributed by atoms with Crippen LogP contribution < -0.4 is 10.2 Å². The summed E-state index contributed by atoms with van der Waals surface area (Å²) in [4.78, 5) is 4.06. The van der Waals surface area contributed by atoms with Gasteiger partial charge in [0, 0.05) is 6.20 Å². The van der Waals surface area contributed by atoms with Crippen LogP contribution in [-0.4, -0.2) is 23.4 Å². The van der Waals surface area contributed by atoms with Gasteiger partial charge in [-0.15, -0.1) is 0 Å². The molecule has 0 spiro atoms. The van der Waals surface area contributed by atoms with Gasteiger partial charge in [-0.2, -0.15) is 5.10 Å². The molecule has 0 amide bonds. The molecule has 0 aliphatic heterocycles. The number of nitrogens with zero attached hydrogens (tertiary/aromatic N) is 2. The number of anilines is 1. The molecular formula is C13H12ClN3O2. The van der Waals surface area contributed by atoms with Gasteiger partial charge in [0.05, 0.1) is 18.3 Å². The molecule has 0 radical (unpaired) electrons. The quantitative estimate of drug-likeness (QED) is 0.666. The first-order valence-electron chi connectivity index (χ1n) is 5.47. The van der Waals surface area contributed by atoms with Crippen LogP contribution in [0.25, 0.3) is 0 Å². The van der Waals surface area contributed by atoms with Crippen molar-refractivity contribution in [2.24, 2.45) is 5.10 Å². The second-order valence-corrected chi connectivity index (χ2v) is 4.05. The van der Waals surface area contributed by atoms with Crippen molar-refractivity contribution in [3.63, 3.8) is 0 Å². The number of aromatic hydroxyl groups is 1. The van der Waals surface area contributed by atoms with Gasteiger partial charge in [-0.05, 0) is 29.8 Å². The molecule has 1 heterocycles. The number of ether oxygens (including phenoxy) is 1. The molecule has 5 nitrogen and oxygen atoms in total. The number of hydrogen-bond acceptors (Lipinski definition) is 5. The van der Waals surface area contributed by atoms with Crippen LogP contribution in [0.15, 0.2) is 41.6 Å². The van der Waals surface area contributed by atoms with Crippen LogP contribution in [0.3, 0.4) is 0 Å². The number of halogens is 1. The Morgan fingerprint density at radius 3 is 2.95 bits per heavy atom. The Balaban J connectivity index is 2.13. The monoisotopic (exact) mass is 277 g/mol. The predicted molar refractivity (Wildman–Crippen MR) is 75.1 cm³/mol. The molecule has 0 aliphatic carbocycles. The van der Waals surface area contributed by atoms with E-state index in [1.54, 1.807) is 30.6 Å². The van der Waals surface area contributed by atoms with E-state index in [1.807, 2.05) is 12.1 Å². The van der Waals surface area contributed by atoms with Crippen molar-refractivity contribution in [1.29, 1.82) is 0 Å². The zero-order valence-corrected chi connectivity index (χ0v) is 10.9. The third kappa shape index (κ3) is 3.35. The summed E-state index contributed by atoms with van der Waals surface area (Å²) in [6.07, 6.45) is 3.22. The maximum atomic E-state index is 9.60. The summed E-state index contributed by atoms with van der Waals surface area (Å²) >= 11 is 5.87. The Morgan fingerprint density at radius 1 is 1.42 bits per heavy atom. The zero-order valence-electron chi connectivity index (χ0n) is 10.2. The van der Waals surface area contributed by atoms with Gasteiger partial charge in [0.15, 0.2) is 11.5 Å². The van der Waals surface area contributed by atoms with E-state index in [9.17, 15) is 5.11 Å². The highest BCUT2D eigenvalue weighted by Gasteiger charge is 2.07. The molecule has 98 valence electrons. The normalized spacial score (nSPS) is 10.6. The first-order valence-corrected chi connectivity index (χ1v) is 5.85. The van der Waals surface area contributed by atoms with Gasteiger partial charge in [-0.1, -0.05) is 17.7 Å². The Bertz CT molecular complexity index is 588. The molecule has 19 heavy (non-hydrogen) atoms. The molecule has 2 rings (SSSR count). The standard InChI is InChI=1S/C13H12ClN3O2/c1-19-11-7-9(6-10(14)13(11)18)8-16-17-12-4-2-3-5-15-12/h2-8,18H,1H3,(H,15,17). The molecule has 0 saturated heterocycles. The fourth-order valence-corrected chi connectivity index (χ4v) is 1.64. The lowest BCUT2D eigenvalue weighted by atomic mass is 10.2. The molecule has 1 aromatic carbocycles. The summed E-state index contributed by atoms with van der Waals surface area (Å²) in [6.45, 7) is 0. The summed E-state index contributed by atoms with van der Waals surface area (Å²) in [5.41, 5.74) is 3.47. The summed E-state index contributed by atoms with van der Waals surface area (Å²) in [5.74, 6) is 0.848. The third-order valence-electron chi connectivity index (χ3n) is 2.33. The molecule has 1 aromatic heterocycles. The highest BCUT2D eigenvalue weighted by Crippen LogP contribution is 2.34. The first kappa shape index (κ1) is 13.2. The number of benzene rings is 1. The number of pyridine rings is 1. The molecule has 0 fully saturated rings. The molecule has 2 N–H and O–H groups in total. The number of hydrazone groups is 1. The zero-order chi connectivity index (χ0) is 13.7. The van der Waals surface area contributed by atoms with E-state index >= 15 is 0 Å². The van der Waals surface area contributed by atoms with E-state index < -0.39 is 0 Å². The van der Waals surface area contributed by atoms with Gasteiger partial charge in [-0.25, -0.2) is 4.98 Å². The van der Waals surface area contributed by atoms with Gasteiger partial charge in [0.2, 0.25) is 0 Å². The Kier molecular flexibility index (Phi) is 4.20. The average Bonchev–Trinajstić information content (AvgIpc) is 2.43. The maximum absolute atomic E-state index is 9.60. The van der Waals surface area contributed by atoms with Crippen LogP contribution in [0.4, 0.5) is 5.82 Å². The van der Waals surface area contributed by atoms with Gasteiger partial charge in [0.1, 0.15) is 5.82 Å². The Morgan fingerprint density at radius 2 is 2.26 bits per heavy atom. The highest BCUT2D eigenvalue weighted by molar-refractivity contribution is 6.32. The number of hydrogen-bond donors (Lipinski definition) is 2. The summed E-state index contributed by atoms with van der Waals surface area (Å²) in [5, 5.41) is 13.8. The van der Waals surface area contributed by atoms with E-state index in [1.165, 1.54) is 7.11 Å². The largest absolute Gasteiger partial charge is 0.503 e. The van der Waals surface area contributed by atoms with Crippen molar-refractivity contribution in [2.45, 2.75) is 0 Å². The van der Waals surface area contributed by atoms with Crippen molar-refractivity contribution in [2.75, 3.05) is 12.5 Å². The topological polar surface area (TPSA) is 66.7 Å². The minimum Gasteiger partial charge on any atom is -0.503 e. The van der Waals surface area contributed by atoms with E-state index in [2.05, 4.69) is 15.5 Å². The van der Waals surface area contributed by atoms with E-state index in [0.29, 0.717) is 17.1 Å². The Hall–Kier alpha value is -2.27. The number of phenolic OH excluding ortho intramolecular Hbond substituents is 1. The molecule has 0 atom stereocenters. The summed E-state index contributed by atoms with van der Waals surface area (Å²) in [7, 11) is 1.46. The van der Waals surface area contributed by atoms with Gasteiger partial charge in [0.25, 0.3) is 0 Å². The van der Waals surface area contributed by atoms with Crippen molar-refractivity contribution in [3.8, 4) is 11.5 Å². The molecule has 0 saturated carbocycles. The SMILES string of the molecule is COc1cc(C=NNc2ccccn2)cc(Cl)c1O. The number of rotatable bonds is 4. The number of nitrogens with one attached hydrogen (secondary N) is 1. The van der Waals surface area contributed by atoms with Crippen molar-refractivity contribution >= 4 is 23.6 Å². The summed E-state index contributed by atoms with van der Waals surface area (Å²) in [6, 6.07) is 8.68. The van der Waals surface area contributed by atoms with Crippen LogP contribution in [0.5, 0.6) is 11.5 Å². The fraction of sp³-hybridized carbons (Fsp3) is 0.0769. The van der Waals surface area contributed by atoms with Gasteiger partial charge >= 0.3 is 0 Å². The van der Waals surface area contributed by atoms with E-state index in [0.717, 1.165) is 0 Å². The number of phenols is 1. The molecule has 6 heteroatoms.